The number of aromatic nitrogens is 2. The van der Waals surface area contributed by atoms with Crippen LogP contribution in [0.15, 0.2) is 24.5 Å². The van der Waals surface area contributed by atoms with E-state index in [2.05, 4.69) is 22.3 Å². The van der Waals surface area contributed by atoms with Crippen molar-refractivity contribution in [3.63, 3.8) is 0 Å². The normalized spacial score (nSPS) is 37.8. The molecule has 1 saturated carbocycles. The van der Waals surface area contributed by atoms with Crippen LogP contribution >= 0.6 is 0 Å². The first-order valence-corrected chi connectivity index (χ1v) is 4.60. The van der Waals surface area contributed by atoms with Gasteiger partial charge >= 0.3 is 0 Å². The third-order valence-corrected chi connectivity index (χ3v) is 3.23. The van der Waals surface area contributed by atoms with E-state index in [1.54, 1.807) is 0 Å². The van der Waals surface area contributed by atoms with E-state index < -0.39 is 0 Å². The van der Waals surface area contributed by atoms with E-state index >= 15 is 0 Å². The molecule has 3 rings (SSSR count). The predicted molar refractivity (Wildman–Crippen MR) is 46.7 cm³/mol. The molecule has 0 saturated heterocycles. The van der Waals surface area contributed by atoms with Crippen LogP contribution in [0.25, 0.3) is 0 Å². The zero-order valence-electron chi connectivity index (χ0n) is 6.90. The van der Waals surface area contributed by atoms with Crippen molar-refractivity contribution in [2.75, 3.05) is 0 Å². The van der Waals surface area contributed by atoms with E-state index in [9.17, 15) is 0 Å². The van der Waals surface area contributed by atoms with E-state index in [4.69, 9.17) is 0 Å². The molecule has 2 nitrogen and oxygen atoms in total. The van der Waals surface area contributed by atoms with Gasteiger partial charge in [0.2, 0.25) is 0 Å². The Labute approximate surface area is 71.7 Å². The second-order valence-electron chi connectivity index (χ2n) is 3.92. The molecule has 2 aliphatic carbocycles. The first kappa shape index (κ1) is 6.46. The molecule has 0 amide bonds. The monoisotopic (exact) mass is 160 g/mol. The zero-order valence-corrected chi connectivity index (χ0v) is 6.90. The second kappa shape index (κ2) is 2.22. The Hall–Kier alpha value is -1.05. The summed E-state index contributed by atoms with van der Waals surface area (Å²) < 4.78 is 0. The fraction of sp³-hybridized carbons (Fsp3) is 0.500. The largest absolute Gasteiger partial charge is 0.285 e. The summed E-state index contributed by atoms with van der Waals surface area (Å²) in [6, 6.07) is 0. The van der Waals surface area contributed by atoms with Crippen LogP contribution in [0.2, 0.25) is 0 Å². The Morgan fingerprint density at radius 1 is 1.33 bits per heavy atom. The van der Waals surface area contributed by atoms with Crippen LogP contribution in [-0.2, 0) is 0 Å². The molecule has 1 aromatic rings. The summed E-state index contributed by atoms with van der Waals surface area (Å²) in [6.07, 6.45) is 11.5. The molecule has 1 N–H and O–H groups in total. The molecule has 3 unspecified atom stereocenters. The van der Waals surface area contributed by atoms with Crippen molar-refractivity contribution in [1.82, 2.24) is 10.2 Å². The Morgan fingerprint density at radius 2 is 2.33 bits per heavy atom. The Bertz CT molecular complexity index is 300. The molecule has 2 aliphatic rings. The minimum absolute atomic E-state index is 0.749. The lowest BCUT2D eigenvalue weighted by atomic mass is 9.89. The van der Waals surface area contributed by atoms with Crippen molar-refractivity contribution >= 4 is 0 Å². The topological polar surface area (TPSA) is 28.7 Å². The van der Waals surface area contributed by atoms with Crippen molar-refractivity contribution in [3.05, 3.63) is 30.1 Å². The van der Waals surface area contributed by atoms with Gasteiger partial charge < -0.3 is 0 Å². The first-order chi connectivity index (χ1) is 5.93. The van der Waals surface area contributed by atoms with Gasteiger partial charge in [-0.15, -0.1) is 0 Å². The van der Waals surface area contributed by atoms with Crippen molar-refractivity contribution < 1.29 is 0 Å². The van der Waals surface area contributed by atoms with E-state index in [0.717, 1.165) is 17.8 Å². The average Bonchev–Trinajstić information content (AvgIpc) is 2.81. The fourth-order valence-corrected chi connectivity index (χ4v) is 2.63. The van der Waals surface area contributed by atoms with Crippen LogP contribution in [0.3, 0.4) is 0 Å². The van der Waals surface area contributed by atoms with Crippen LogP contribution in [0.5, 0.6) is 0 Å². The maximum atomic E-state index is 4.00. The molecule has 0 aromatic carbocycles. The van der Waals surface area contributed by atoms with Crippen LogP contribution < -0.4 is 0 Å². The smallest absolute Gasteiger partial charge is 0.0522 e. The maximum absolute atomic E-state index is 4.00. The molecule has 0 spiro atoms. The number of H-pyrrole nitrogens is 1. The molecule has 0 aliphatic heterocycles. The van der Waals surface area contributed by atoms with Crippen LogP contribution in [0.4, 0.5) is 0 Å². The van der Waals surface area contributed by atoms with E-state index in [0.29, 0.717) is 0 Å². The lowest BCUT2D eigenvalue weighted by Gasteiger charge is -2.15. The molecule has 1 aromatic heterocycles. The Balaban J connectivity index is 1.92. The predicted octanol–water partition coefficient (Wildman–Crippen LogP) is 2.09. The number of fused-ring (bicyclic) bond motifs is 2. The number of hydrogen-bond donors (Lipinski definition) is 1. The molecule has 3 atom stereocenters. The molecule has 12 heavy (non-hydrogen) atoms. The minimum atomic E-state index is 0.749. The SMILES string of the molecule is C1=CC2CC1CC2c1cn[nH]c1. The number of rotatable bonds is 1. The molecule has 62 valence electrons. The van der Waals surface area contributed by atoms with Crippen LogP contribution in [-0.4, -0.2) is 10.2 Å². The molecule has 2 bridgehead atoms. The fourth-order valence-electron chi connectivity index (χ4n) is 2.63. The van der Waals surface area contributed by atoms with Gasteiger partial charge in [-0.2, -0.15) is 5.10 Å². The highest BCUT2D eigenvalue weighted by Crippen LogP contribution is 2.48. The molecule has 2 heteroatoms. The van der Waals surface area contributed by atoms with Gasteiger partial charge in [-0.1, -0.05) is 12.2 Å². The Kier molecular flexibility index (Phi) is 1.20. The second-order valence-corrected chi connectivity index (χ2v) is 3.92. The summed E-state index contributed by atoms with van der Waals surface area (Å²) >= 11 is 0. The average molecular weight is 160 g/mol. The van der Waals surface area contributed by atoms with Gasteiger partial charge in [0.15, 0.2) is 0 Å². The van der Waals surface area contributed by atoms with E-state index in [1.807, 2.05) is 12.4 Å². The van der Waals surface area contributed by atoms with Gasteiger partial charge in [0.05, 0.1) is 6.20 Å². The number of aromatic amines is 1. The van der Waals surface area contributed by atoms with Gasteiger partial charge in [0.25, 0.3) is 0 Å². The summed E-state index contributed by atoms with van der Waals surface area (Å²) in [4.78, 5) is 0. The maximum Gasteiger partial charge on any atom is 0.0522 e. The summed E-state index contributed by atoms with van der Waals surface area (Å²) in [7, 11) is 0. The number of hydrogen-bond acceptors (Lipinski definition) is 1. The minimum Gasteiger partial charge on any atom is -0.285 e. The van der Waals surface area contributed by atoms with Gasteiger partial charge in [-0.05, 0) is 36.2 Å². The zero-order chi connectivity index (χ0) is 7.97. The first-order valence-electron chi connectivity index (χ1n) is 4.60. The van der Waals surface area contributed by atoms with Gasteiger partial charge in [-0.3, -0.25) is 5.10 Å². The number of nitrogens with one attached hydrogen (secondary N) is 1. The Morgan fingerprint density at radius 3 is 2.92 bits per heavy atom. The van der Waals surface area contributed by atoms with E-state index in [-0.39, 0.29) is 0 Å². The third kappa shape index (κ3) is 0.779. The van der Waals surface area contributed by atoms with Crippen LogP contribution in [0.1, 0.15) is 24.3 Å². The lowest BCUT2D eigenvalue weighted by Crippen LogP contribution is -2.03. The summed E-state index contributed by atoms with van der Waals surface area (Å²) in [5.74, 6) is 2.40. The number of allylic oxidation sites excluding steroid dienone is 2. The summed E-state index contributed by atoms with van der Waals surface area (Å²) in [5, 5.41) is 6.89. The highest BCUT2D eigenvalue weighted by molar-refractivity contribution is 5.23. The summed E-state index contributed by atoms with van der Waals surface area (Å²) in [6.45, 7) is 0. The number of nitrogens with zero attached hydrogens (tertiary/aromatic N) is 1. The highest BCUT2D eigenvalue weighted by Gasteiger charge is 2.36. The molecular weight excluding hydrogens is 148 g/mol. The summed E-state index contributed by atoms with van der Waals surface area (Å²) in [5.41, 5.74) is 1.40. The van der Waals surface area contributed by atoms with Crippen molar-refractivity contribution in [2.24, 2.45) is 11.8 Å². The molecule has 0 radical (unpaired) electrons. The van der Waals surface area contributed by atoms with Gasteiger partial charge in [0.1, 0.15) is 0 Å². The van der Waals surface area contributed by atoms with Crippen molar-refractivity contribution in [3.8, 4) is 0 Å². The molecular formula is C10H12N2. The van der Waals surface area contributed by atoms with Crippen molar-refractivity contribution in [1.29, 1.82) is 0 Å². The van der Waals surface area contributed by atoms with Gasteiger partial charge in [0, 0.05) is 6.20 Å². The molecule has 1 heterocycles. The van der Waals surface area contributed by atoms with Crippen molar-refractivity contribution in [2.45, 2.75) is 18.8 Å². The molecule has 1 fully saturated rings. The lowest BCUT2D eigenvalue weighted by molar-refractivity contribution is 0.586. The standard InChI is InChI=1S/C10H12N2/c1-2-8-3-7(1)4-10(8)9-5-11-12-6-9/h1-2,5-8,10H,3-4H2,(H,11,12). The van der Waals surface area contributed by atoms with Gasteiger partial charge in [-0.25, -0.2) is 0 Å². The van der Waals surface area contributed by atoms with E-state index in [1.165, 1.54) is 18.4 Å². The quantitative estimate of drug-likeness (QED) is 0.626. The highest BCUT2D eigenvalue weighted by atomic mass is 15.1. The third-order valence-electron chi connectivity index (χ3n) is 3.23. The van der Waals surface area contributed by atoms with Crippen LogP contribution in [0, 0.1) is 11.8 Å².